The summed E-state index contributed by atoms with van der Waals surface area (Å²) in [4.78, 5) is 14.5. The van der Waals surface area contributed by atoms with Gasteiger partial charge in [-0.05, 0) is 36.8 Å². The van der Waals surface area contributed by atoms with Crippen molar-refractivity contribution in [3.63, 3.8) is 0 Å². The van der Waals surface area contributed by atoms with Crippen LogP contribution in [-0.4, -0.2) is 32.9 Å². The number of carbonyl (C=O) groups excluding carboxylic acids is 1. The maximum absolute atomic E-state index is 12.8. The Morgan fingerprint density at radius 3 is 2.46 bits per heavy atom. The van der Waals surface area contributed by atoms with Gasteiger partial charge in [-0.2, -0.15) is 0 Å². The predicted octanol–water partition coefficient (Wildman–Crippen LogP) is 2.33. The van der Waals surface area contributed by atoms with Crippen LogP contribution in [0.1, 0.15) is 24.1 Å². The van der Waals surface area contributed by atoms with Gasteiger partial charge in [0.05, 0.1) is 16.5 Å². The van der Waals surface area contributed by atoms with E-state index in [-0.39, 0.29) is 23.5 Å². The number of para-hydroxylation sites is 1. The minimum absolute atomic E-state index is 0.0439. The molecule has 0 saturated carbocycles. The summed E-state index contributed by atoms with van der Waals surface area (Å²) in [6.45, 7) is 2.10. The molecule has 0 bridgehead atoms. The monoisotopic (exact) mass is 372 g/mol. The molecule has 136 valence electrons. The van der Waals surface area contributed by atoms with Crippen LogP contribution in [0, 0.1) is 0 Å². The molecule has 1 amide bonds. The van der Waals surface area contributed by atoms with Gasteiger partial charge in [-0.15, -0.1) is 0 Å². The first-order chi connectivity index (χ1) is 12.3. The number of likely N-dealkylation sites (N-methyl/N-ethyl adjacent to an activating group) is 1. The summed E-state index contributed by atoms with van der Waals surface area (Å²) in [6, 6.07) is 13.5. The molecule has 1 aliphatic rings. The number of hydrogen-bond acceptors (Lipinski definition) is 4. The summed E-state index contributed by atoms with van der Waals surface area (Å²) < 4.78 is 28.4. The summed E-state index contributed by atoms with van der Waals surface area (Å²) in [6.07, 6.45) is 1.84. The second kappa shape index (κ2) is 6.93. The van der Waals surface area contributed by atoms with E-state index in [0.29, 0.717) is 5.57 Å². The van der Waals surface area contributed by atoms with Crippen LogP contribution < -0.4 is 9.88 Å². The molecule has 0 aromatic heterocycles. The number of nitrogens with zero attached hydrogens (tertiary/aromatic N) is 1. The normalized spacial score (nSPS) is 14.7. The van der Waals surface area contributed by atoms with Crippen LogP contribution in [0.4, 0.5) is 0 Å². The molecular weight excluding hydrogens is 352 g/mol. The Hall–Kier alpha value is -2.64. The van der Waals surface area contributed by atoms with Crippen LogP contribution in [0.5, 0.6) is 5.75 Å². The van der Waals surface area contributed by atoms with Crippen LogP contribution in [0.3, 0.4) is 0 Å². The second-order valence-corrected chi connectivity index (χ2v) is 7.76. The largest absolute Gasteiger partial charge is 0.488 e. The fraction of sp³-hybridized carbons (Fsp3) is 0.211. The summed E-state index contributed by atoms with van der Waals surface area (Å²) in [7, 11) is -2.02. The zero-order chi connectivity index (χ0) is 18.9. The van der Waals surface area contributed by atoms with Gasteiger partial charge in [0, 0.05) is 12.6 Å². The molecule has 2 aromatic carbocycles. The molecule has 3 rings (SSSR count). The third kappa shape index (κ3) is 3.63. The zero-order valence-corrected chi connectivity index (χ0v) is 15.4. The smallest absolute Gasteiger partial charge is 0.253 e. The highest BCUT2D eigenvalue weighted by molar-refractivity contribution is 7.89. The lowest BCUT2D eigenvalue weighted by molar-refractivity contribution is -0.128. The molecule has 7 heteroatoms. The van der Waals surface area contributed by atoms with Crippen LogP contribution in [-0.2, 0) is 14.8 Å². The topological polar surface area (TPSA) is 89.7 Å². The number of benzene rings is 2. The Bertz CT molecular complexity index is 965. The summed E-state index contributed by atoms with van der Waals surface area (Å²) in [5, 5.41) is 5.11. The minimum Gasteiger partial charge on any atom is -0.488 e. The van der Waals surface area contributed by atoms with E-state index in [2.05, 4.69) is 0 Å². The molecule has 0 unspecified atom stereocenters. The summed E-state index contributed by atoms with van der Waals surface area (Å²) >= 11 is 0. The molecule has 26 heavy (non-hydrogen) atoms. The van der Waals surface area contributed by atoms with Crippen LogP contribution >= 0.6 is 0 Å². The molecule has 0 fully saturated rings. The first-order valence-corrected chi connectivity index (χ1v) is 9.64. The second-order valence-electron chi connectivity index (χ2n) is 6.20. The van der Waals surface area contributed by atoms with Crippen molar-refractivity contribution >= 4 is 22.0 Å². The van der Waals surface area contributed by atoms with Crippen LogP contribution in [0.15, 0.2) is 59.0 Å². The molecule has 0 saturated heterocycles. The standard InChI is InChI=1S/C19H20N2O4S/c1-13(14-7-9-17(10-8-14)26(20,23)24)21(2)19(22)16-11-15-5-3-4-6-18(15)25-12-16/h3-11,13H,12H2,1-2H3,(H2,20,23,24)/t13-/m0/s1. The number of carbonyl (C=O) groups is 1. The first kappa shape index (κ1) is 18.2. The molecule has 1 heterocycles. The van der Waals surface area contributed by atoms with Gasteiger partial charge in [-0.25, -0.2) is 13.6 Å². The molecule has 0 spiro atoms. The van der Waals surface area contributed by atoms with Gasteiger partial charge in [0.15, 0.2) is 0 Å². The van der Waals surface area contributed by atoms with Crippen molar-refractivity contribution in [2.24, 2.45) is 5.14 Å². The SMILES string of the molecule is C[C@@H](c1ccc(S(N)(=O)=O)cc1)N(C)C(=O)C1=Cc2ccccc2OC1. The van der Waals surface area contributed by atoms with E-state index in [0.717, 1.165) is 16.9 Å². The predicted molar refractivity (Wildman–Crippen MR) is 98.9 cm³/mol. The van der Waals surface area contributed by atoms with Crippen molar-refractivity contribution in [2.75, 3.05) is 13.7 Å². The number of amides is 1. The number of primary sulfonamides is 1. The van der Waals surface area contributed by atoms with E-state index < -0.39 is 10.0 Å². The average Bonchev–Trinajstić information content (AvgIpc) is 2.65. The lowest BCUT2D eigenvalue weighted by Gasteiger charge is -2.28. The Kier molecular flexibility index (Phi) is 4.84. The highest BCUT2D eigenvalue weighted by Crippen LogP contribution is 2.28. The van der Waals surface area contributed by atoms with Gasteiger partial charge in [-0.3, -0.25) is 4.79 Å². The molecule has 6 nitrogen and oxygen atoms in total. The minimum atomic E-state index is -3.73. The molecule has 2 aromatic rings. The Morgan fingerprint density at radius 1 is 1.15 bits per heavy atom. The van der Waals surface area contributed by atoms with E-state index in [1.165, 1.54) is 12.1 Å². The summed E-state index contributed by atoms with van der Waals surface area (Å²) in [5.74, 6) is 0.626. The Morgan fingerprint density at radius 2 is 1.81 bits per heavy atom. The molecular formula is C19H20N2O4S. The number of nitrogens with two attached hydrogens (primary N) is 1. The number of hydrogen-bond donors (Lipinski definition) is 1. The molecule has 0 aliphatic carbocycles. The molecule has 1 aliphatic heterocycles. The third-order valence-corrected chi connectivity index (χ3v) is 5.43. The lowest BCUT2D eigenvalue weighted by atomic mass is 10.0. The quantitative estimate of drug-likeness (QED) is 0.892. The zero-order valence-electron chi connectivity index (χ0n) is 14.5. The van der Waals surface area contributed by atoms with Crippen molar-refractivity contribution in [1.82, 2.24) is 4.90 Å². The summed E-state index contributed by atoms with van der Waals surface area (Å²) in [5.41, 5.74) is 2.26. The van der Waals surface area contributed by atoms with E-state index in [4.69, 9.17) is 9.88 Å². The number of ether oxygens (including phenoxy) is 1. The van der Waals surface area contributed by atoms with Crippen molar-refractivity contribution < 1.29 is 17.9 Å². The fourth-order valence-corrected chi connectivity index (χ4v) is 3.32. The van der Waals surface area contributed by atoms with Crippen molar-refractivity contribution in [2.45, 2.75) is 17.9 Å². The van der Waals surface area contributed by atoms with Gasteiger partial charge in [0.2, 0.25) is 10.0 Å². The van der Waals surface area contributed by atoms with Crippen molar-refractivity contribution in [3.05, 3.63) is 65.2 Å². The van der Waals surface area contributed by atoms with E-state index in [1.54, 1.807) is 24.1 Å². The number of sulfonamides is 1. The van der Waals surface area contributed by atoms with Crippen molar-refractivity contribution in [3.8, 4) is 5.75 Å². The highest BCUT2D eigenvalue weighted by Gasteiger charge is 2.24. The first-order valence-electron chi connectivity index (χ1n) is 8.09. The fourth-order valence-electron chi connectivity index (χ4n) is 2.80. The number of rotatable bonds is 4. The van der Waals surface area contributed by atoms with Gasteiger partial charge in [0.25, 0.3) is 5.91 Å². The number of fused-ring (bicyclic) bond motifs is 1. The van der Waals surface area contributed by atoms with Gasteiger partial charge in [-0.1, -0.05) is 30.3 Å². The lowest BCUT2D eigenvalue weighted by Crippen LogP contribution is -2.33. The molecule has 0 radical (unpaired) electrons. The van der Waals surface area contributed by atoms with Gasteiger partial charge in [0.1, 0.15) is 12.4 Å². The average molecular weight is 372 g/mol. The molecule has 2 N–H and O–H groups in total. The van der Waals surface area contributed by atoms with Gasteiger partial charge < -0.3 is 9.64 Å². The van der Waals surface area contributed by atoms with Crippen LogP contribution in [0.25, 0.3) is 6.08 Å². The van der Waals surface area contributed by atoms with E-state index >= 15 is 0 Å². The maximum Gasteiger partial charge on any atom is 0.253 e. The Balaban J connectivity index is 1.79. The maximum atomic E-state index is 12.8. The third-order valence-electron chi connectivity index (χ3n) is 4.50. The Labute approximate surface area is 152 Å². The van der Waals surface area contributed by atoms with E-state index in [9.17, 15) is 13.2 Å². The molecule has 1 atom stereocenters. The van der Waals surface area contributed by atoms with Gasteiger partial charge >= 0.3 is 0 Å². The highest BCUT2D eigenvalue weighted by atomic mass is 32.2. The van der Waals surface area contributed by atoms with Crippen LogP contribution in [0.2, 0.25) is 0 Å². The van der Waals surface area contributed by atoms with E-state index in [1.807, 2.05) is 37.3 Å². The van der Waals surface area contributed by atoms with Crippen molar-refractivity contribution in [1.29, 1.82) is 0 Å².